The van der Waals surface area contributed by atoms with E-state index < -0.39 is 37.1 Å². The van der Waals surface area contributed by atoms with Gasteiger partial charge in [0, 0.05) is 18.4 Å². The summed E-state index contributed by atoms with van der Waals surface area (Å²) in [5, 5.41) is 45.4. The molecule has 4 aromatic rings. The van der Waals surface area contributed by atoms with Gasteiger partial charge in [-0.15, -0.1) is 0 Å². The van der Waals surface area contributed by atoms with Gasteiger partial charge in [0.2, 0.25) is 0 Å². The standard InChI is InChI=1S/C44H58N2O7/c1-52-39-21-15-37(16-22-39)27-30-53-40-23-17-36(18-24-40)26-29-44(33-49,42(45)51)46-43(31-47,32-48)28-25-35-13-19-38(20-14-35)41(50)12-8-3-2-5-9-34-10-6-4-7-11-34/h4,6-7,10-11,13-24,42,46-49,51H,2-3,5,8-9,12,25-33,45H2,1H3. The Balaban J connectivity index is 1.25. The van der Waals surface area contributed by atoms with E-state index in [1.807, 2.05) is 78.9 Å². The Morgan fingerprint density at radius 3 is 1.79 bits per heavy atom. The van der Waals surface area contributed by atoms with Crippen LogP contribution in [0.4, 0.5) is 0 Å². The fourth-order valence-corrected chi connectivity index (χ4v) is 6.57. The first-order valence-electron chi connectivity index (χ1n) is 18.8. The molecule has 0 radical (unpaired) electrons. The zero-order valence-corrected chi connectivity index (χ0v) is 31.1. The number of Topliss-reactive ketones (excluding diaryl/α,β-unsaturated/α-hetero) is 1. The Bertz CT molecular complexity index is 1610. The molecule has 9 nitrogen and oxygen atoms in total. The summed E-state index contributed by atoms with van der Waals surface area (Å²) in [4.78, 5) is 12.8. The van der Waals surface area contributed by atoms with E-state index in [9.17, 15) is 25.2 Å². The highest BCUT2D eigenvalue weighted by molar-refractivity contribution is 5.96. The van der Waals surface area contributed by atoms with Crippen molar-refractivity contribution in [3.63, 3.8) is 0 Å². The van der Waals surface area contributed by atoms with Crippen LogP contribution in [0.15, 0.2) is 103 Å². The second-order valence-corrected chi connectivity index (χ2v) is 14.1. The SMILES string of the molecule is COc1ccc(CCOc2ccc(CCC(CO)(NC(CO)(CO)CCc3ccc(C(=O)CCCCCCc4ccccc4)cc3)C(N)O)cc2)cc1. The van der Waals surface area contributed by atoms with Gasteiger partial charge in [0.15, 0.2) is 5.78 Å². The summed E-state index contributed by atoms with van der Waals surface area (Å²) in [7, 11) is 1.64. The molecule has 0 bridgehead atoms. The number of carbonyl (C=O) groups is 1. The Morgan fingerprint density at radius 1 is 0.660 bits per heavy atom. The number of hydrogen-bond acceptors (Lipinski definition) is 9. The maximum Gasteiger partial charge on any atom is 0.162 e. The summed E-state index contributed by atoms with van der Waals surface area (Å²) >= 11 is 0. The summed E-state index contributed by atoms with van der Waals surface area (Å²) in [6, 6.07) is 33.4. The van der Waals surface area contributed by atoms with Crippen molar-refractivity contribution in [2.75, 3.05) is 33.5 Å². The molecule has 0 fully saturated rings. The van der Waals surface area contributed by atoms with Crippen LogP contribution in [0.2, 0.25) is 0 Å². The number of aryl methyl sites for hydroxylation is 3. The summed E-state index contributed by atoms with van der Waals surface area (Å²) in [6.45, 7) is -0.876. The summed E-state index contributed by atoms with van der Waals surface area (Å²) in [5.74, 6) is 1.67. The molecule has 0 spiro atoms. The van der Waals surface area contributed by atoms with Crippen molar-refractivity contribution in [3.05, 3.63) is 131 Å². The summed E-state index contributed by atoms with van der Waals surface area (Å²) in [6.07, 6.45) is 6.44. The zero-order valence-electron chi connectivity index (χ0n) is 31.1. The Morgan fingerprint density at radius 2 is 1.21 bits per heavy atom. The average Bonchev–Trinajstić information content (AvgIpc) is 3.20. The monoisotopic (exact) mass is 726 g/mol. The number of carbonyl (C=O) groups excluding carboxylic acids is 1. The van der Waals surface area contributed by atoms with Crippen LogP contribution in [0.25, 0.3) is 0 Å². The van der Waals surface area contributed by atoms with E-state index in [0.717, 1.165) is 66.7 Å². The quantitative estimate of drug-likeness (QED) is 0.0292. The lowest BCUT2D eigenvalue weighted by molar-refractivity contribution is -0.0308. The van der Waals surface area contributed by atoms with Gasteiger partial charge >= 0.3 is 0 Å². The molecule has 0 aliphatic heterocycles. The minimum Gasteiger partial charge on any atom is -0.497 e. The fraction of sp³-hybridized carbons (Fsp3) is 0.432. The Kier molecular flexibility index (Phi) is 17.0. The molecule has 4 rings (SSSR count). The Hall–Kier alpha value is -4.09. The minimum atomic E-state index is -1.47. The number of aliphatic hydroxyl groups is 4. The molecule has 9 heteroatoms. The van der Waals surface area contributed by atoms with E-state index in [2.05, 4.69) is 29.6 Å². The fourth-order valence-electron chi connectivity index (χ4n) is 6.57. The molecule has 2 unspecified atom stereocenters. The van der Waals surface area contributed by atoms with Crippen molar-refractivity contribution in [1.82, 2.24) is 5.32 Å². The zero-order chi connectivity index (χ0) is 37.9. The van der Waals surface area contributed by atoms with Gasteiger partial charge in [-0.2, -0.15) is 0 Å². The van der Waals surface area contributed by atoms with E-state index >= 15 is 0 Å². The molecule has 0 aliphatic carbocycles. The number of nitrogens with one attached hydrogen (secondary N) is 1. The van der Waals surface area contributed by atoms with Crippen LogP contribution >= 0.6 is 0 Å². The van der Waals surface area contributed by atoms with Crippen LogP contribution < -0.4 is 20.5 Å². The molecule has 0 saturated carbocycles. The summed E-state index contributed by atoms with van der Waals surface area (Å²) < 4.78 is 11.1. The highest BCUT2D eigenvalue weighted by Gasteiger charge is 2.43. The molecule has 0 aliphatic rings. The van der Waals surface area contributed by atoms with Gasteiger partial charge < -0.3 is 35.6 Å². The van der Waals surface area contributed by atoms with E-state index in [1.54, 1.807) is 7.11 Å². The molecule has 53 heavy (non-hydrogen) atoms. The number of aliphatic hydroxyl groups excluding tert-OH is 4. The van der Waals surface area contributed by atoms with Crippen molar-refractivity contribution < 1.29 is 34.7 Å². The normalized spacial score (nSPS) is 13.3. The number of nitrogens with two attached hydrogens (primary N) is 1. The first-order valence-corrected chi connectivity index (χ1v) is 18.8. The first-order chi connectivity index (χ1) is 25.7. The lowest BCUT2D eigenvalue weighted by Crippen LogP contribution is -2.70. The van der Waals surface area contributed by atoms with Crippen molar-refractivity contribution >= 4 is 5.78 Å². The van der Waals surface area contributed by atoms with E-state index in [1.165, 1.54) is 5.56 Å². The Labute approximate surface area is 314 Å². The van der Waals surface area contributed by atoms with Gasteiger partial charge in [0.1, 0.15) is 17.7 Å². The van der Waals surface area contributed by atoms with Gasteiger partial charge in [-0.05, 0) is 91.5 Å². The molecule has 0 saturated heterocycles. The number of methoxy groups -OCH3 is 1. The van der Waals surface area contributed by atoms with Crippen LogP contribution in [0, 0.1) is 0 Å². The molecular weight excluding hydrogens is 668 g/mol. The van der Waals surface area contributed by atoms with Crippen molar-refractivity contribution in [2.45, 2.75) is 87.9 Å². The maximum atomic E-state index is 12.8. The predicted molar refractivity (Wildman–Crippen MR) is 209 cm³/mol. The number of ketones is 1. The molecule has 0 aromatic heterocycles. The van der Waals surface area contributed by atoms with Crippen LogP contribution in [0.5, 0.6) is 11.5 Å². The van der Waals surface area contributed by atoms with Crippen molar-refractivity contribution in [3.8, 4) is 11.5 Å². The molecular formula is C44H58N2O7. The van der Waals surface area contributed by atoms with Crippen LogP contribution in [-0.2, 0) is 25.7 Å². The highest BCUT2D eigenvalue weighted by atomic mass is 16.5. The van der Waals surface area contributed by atoms with Crippen LogP contribution in [-0.4, -0.2) is 77.1 Å². The number of rotatable bonds is 25. The third kappa shape index (κ3) is 13.1. The van der Waals surface area contributed by atoms with Crippen LogP contribution in [0.3, 0.4) is 0 Å². The van der Waals surface area contributed by atoms with Gasteiger partial charge in [0.05, 0.1) is 44.6 Å². The van der Waals surface area contributed by atoms with E-state index in [-0.39, 0.29) is 12.2 Å². The lowest BCUT2D eigenvalue weighted by atomic mass is 9.83. The third-order valence-corrected chi connectivity index (χ3v) is 10.2. The second-order valence-electron chi connectivity index (χ2n) is 14.1. The molecule has 286 valence electrons. The lowest BCUT2D eigenvalue weighted by Gasteiger charge is -2.44. The molecule has 2 atom stereocenters. The van der Waals surface area contributed by atoms with Gasteiger partial charge in [-0.25, -0.2) is 0 Å². The molecule has 0 heterocycles. The molecule has 7 N–H and O–H groups in total. The maximum absolute atomic E-state index is 12.8. The molecule has 0 amide bonds. The number of hydrogen-bond donors (Lipinski definition) is 6. The number of ether oxygens (including phenoxy) is 2. The number of unbranched alkanes of at least 4 members (excludes halogenated alkanes) is 3. The van der Waals surface area contributed by atoms with E-state index in [0.29, 0.717) is 37.9 Å². The second kappa shape index (κ2) is 21.6. The highest BCUT2D eigenvalue weighted by Crippen LogP contribution is 2.25. The predicted octanol–water partition coefficient (Wildman–Crippen LogP) is 5.58. The first kappa shape index (κ1) is 41.7. The minimum absolute atomic E-state index is 0.123. The summed E-state index contributed by atoms with van der Waals surface area (Å²) in [5.41, 5.74) is 8.47. The smallest absolute Gasteiger partial charge is 0.162 e. The largest absolute Gasteiger partial charge is 0.497 e. The van der Waals surface area contributed by atoms with E-state index in [4.69, 9.17) is 15.2 Å². The molecule has 4 aromatic carbocycles. The average molecular weight is 727 g/mol. The third-order valence-electron chi connectivity index (χ3n) is 10.2. The topological polar surface area (TPSA) is 154 Å². The van der Waals surface area contributed by atoms with Gasteiger partial charge in [-0.1, -0.05) is 91.7 Å². The van der Waals surface area contributed by atoms with Crippen molar-refractivity contribution in [2.24, 2.45) is 5.73 Å². The van der Waals surface area contributed by atoms with Gasteiger partial charge in [0.25, 0.3) is 0 Å². The van der Waals surface area contributed by atoms with Gasteiger partial charge in [-0.3, -0.25) is 10.1 Å². The number of benzene rings is 4. The van der Waals surface area contributed by atoms with Crippen LogP contribution in [0.1, 0.15) is 77.6 Å². The van der Waals surface area contributed by atoms with Crippen molar-refractivity contribution in [1.29, 1.82) is 0 Å².